The highest BCUT2D eigenvalue weighted by atomic mass is 16.5. The van der Waals surface area contributed by atoms with Crippen LogP contribution in [-0.4, -0.2) is 35.3 Å². The Balaban J connectivity index is 2.22. The van der Waals surface area contributed by atoms with Crippen LogP contribution in [0.15, 0.2) is 6.07 Å². The number of aryl methyl sites for hydroxylation is 2. The topological polar surface area (TPSA) is 38.2 Å². The number of hydrogen-bond acceptors (Lipinski definition) is 4. The lowest BCUT2D eigenvalue weighted by atomic mass is 10.2. The monoisotopic (exact) mass is 221 g/mol. The molecule has 2 rings (SSSR count). The van der Waals surface area contributed by atoms with E-state index >= 15 is 0 Å². The lowest BCUT2D eigenvalue weighted by Crippen LogP contribution is -2.46. The molecule has 0 N–H and O–H groups in total. The van der Waals surface area contributed by atoms with Crippen molar-refractivity contribution < 1.29 is 4.74 Å². The lowest BCUT2D eigenvalue weighted by molar-refractivity contribution is -0.00574. The van der Waals surface area contributed by atoms with Crippen molar-refractivity contribution in [1.29, 1.82) is 0 Å². The van der Waals surface area contributed by atoms with E-state index in [1.54, 1.807) is 0 Å². The molecule has 0 amide bonds. The highest BCUT2D eigenvalue weighted by Gasteiger charge is 2.24. The van der Waals surface area contributed by atoms with Crippen LogP contribution in [0.1, 0.15) is 25.2 Å². The summed E-state index contributed by atoms with van der Waals surface area (Å²) in [6, 6.07) is 2.00. The fraction of sp³-hybridized carbons (Fsp3) is 0.667. The Hall–Kier alpha value is -1.16. The predicted molar refractivity (Wildman–Crippen MR) is 63.7 cm³/mol. The van der Waals surface area contributed by atoms with Crippen LogP contribution >= 0.6 is 0 Å². The van der Waals surface area contributed by atoms with Crippen LogP contribution in [0, 0.1) is 13.8 Å². The van der Waals surface area contributed by atoms with Gasteiger partial charge >= 0.3 is 0 Å². The average Bonchev–Trinajstić information content (AvgIpc) is 2.14. The number of nitrogens with zero attached hydrogens (tertiary/aromatic N) is 3. The molecule has 0 unspecified atom stereocenters. The van der Waals surface area contributed by atoms with Gasteiger partial charge in [-0.1, -0.05) is 0 Å². The molecular formula is C12H19N3O. The van der Waals surface area contributed by atoms with Gasteiger partial charge < -0.3 is 9.64 Å². The summed E-state index contributed by atoms with van der Waals surface area (Å²) in [4.78, 5) is 11.2. The highest BCUT2D eigenvalue weighted by molar-refractivity contribution is 5.33. The number of hydrogen-bond donors (Lipinski definition) is 0. The summed E-state index contributed by atoms with van der Waals surface area (Å²) in [5.41, 5.74) is 2.04. The Morgan fingerprint density at radius 1 is 1.12 bits per heavy atom. The van der Waals surface area contributed by atoms with E-state index in [1.807, 2.05) is 19.9 Å². The molecule has 4 heteroatoms. The van der Waals surface area contributed by atoms with Gasteiger partial charge in [0.15, 0.2) is 0 Å². The third-order valence-corrected chi connectivity index (χ3v) is 2.67. The highest BCUT2D eigenvalue weighted by Crippen LogP contribution is 2.17. The van der Waals surface area contributed by atoms with Crippen LogP contribution in [0.3, 0.4) is 0 Å². The van der Waals surface area contributed by atoms with Gasteiger partial charge in [0, 0.05) is 24.5 Å². The van der Waals surface area contributed by atoms with E-state index in [0.29, 0.717) is 0 Å². The smallest absolute Gasteiger partial charge is 0.225 e. The van der Waals surface area contributed by atoms with E-state index in [-0.39, 0.29) is 12.2 Å². The van der Waals surface area contributed by atoms with Crippen LogP contribution in [0.2, 0.25) is 0 Å². The standard InChI is InChI=1S/C12H19N3O/c1-8-5-9(2)14-12(13-8)15-6-10(3)16-11(4)7-15/h5,10-11H,6-7H2,1-4H3/t10-,11-/m1/s1. The normalized spacial score (nSPS) is 25.9. The van der Waals surface area contributed by atoms with E-state index in [1.165, 1.54) is 0 Å². The Labute approximate surface area is 96.7 Å². The zero-order valence-electron chi connectivity index (χ0n) is 10.4. The first-order valence-electron chi connectivity index (χ1n) is 5.77. The second kappa shape index (κ2) is 4.37. The van der Waals surface area contributed by atoms with Crippen molar-refractivity contribution in [2.75, 3.05) is 18.0 Å². The molecule has 0 saturated carbocycles. The zero-order chi connectivity index (χ0) is 11.7. The molecule has 0 bridgehead atoms. The number of ether oxygens (including phenoxy) is 1. The van der Waals surface area contributed by atoms with Crippen molar-refractivity contribution in [3.63, 3.8) is 0 Å². The van der Waals surface area contributed by atoms with E-state index < -0.39 is 0 Å². The number of anilines is 1. The van der Waals surface area contributed by atoms with Crippen molar-refractivity contribution in [1.82, 2.24) is 9.97 Å². The largest absolute Gasteiger partial charge is 0.372 e. The SMILES string of the molecule is Cc1cc(C)nc(N2C[C@@H](C)O[C@H](C)C2)n1. The summed E-state index contributed by atoms with van der Waals surface area (Å²) in [5, 5.41) is 0. The van der Waals surface area contributed by atoms with Crippen LogP contribution in [-0.2, 0) is 4.74 Å². The maximum atomic E-state index is 5.70. The van der Waals surface area contributed by atoms with Crippen molar-refractivity contribution in [3.8, 4) is 0 Å². The van der Waals surface area contributed by atoms with Gasteiger partial charge in [-0.3, -0.25) is 0 Å². The quantitative estimate of drug-likeness (QED) is 0.723. The van der Waals surface area contributed by atoms with Crippen molar-refractivity contribution in [2.45, 2.75) is 39.9 Å². The molecule has 88 valence electrons. The third-order valence-electron chi connectivity index (χ3n) is 2.67. The minimum atomic E-state index is 0.244. The van der Waals surface area contributed by atoms with Gasteiger partial charge in [0.2, 0.25) is 5.95 Å². The summed E-state index contributed by atoms with van der Waals surface area (Å²) >= 11 is 0. The van der Waals surface area contributed by atoms with Crippen LogP contribution < -0.4 is 4.90 Å². The van der Waals surface area contributed by atoms with Crippen molar-refractivity contribution in [3.05, 3.63) is 17.5 Å². The first-order chi connectivity index (χ1) is 7.54. The fourth-order valence-electron chi connectivity index (χ4n) is 2.19. The molecule has 1 fully saturated rings. The molecule has 1 saturated heterocycles. The molecule has 1 aromatic rings. The van der Waals surface area contributed by atoms with Gasteiger partial charge in [-0.05, 0) is 33.8 Å². The summed E-state index contributed by atoms with van der Waals surface area (Å²) in [6.07, 6.45) is 0.487. The van der Waals surface area contributed by atoms with E-state index in [4.69, 9.17) is 4.74 Å². The Morgan fingerprint density at radius 2 is 1.62 bits per heavy atom. The van der Waals surface area contributed by atoms with Crippen molar-refractivity contribution >= 4 is 5.95 Å². The summed E-state index contributed by atoms with van der Waals surface area (Å²) in [6.45, 7) is 9.92. The van der Waals surface area contributed by atoms with E-state index in [2.05, 4.69) is 28.7 Å². The Bertz CT molecular complexity index is 350. The fourth-order valence-corrected chi connectivity index (χ4v) is 2.19. The molecule has 1 aliphatic rings. The number of aromatic nitrogens is 2. The first kappa shape index (κ1) is 11.3. The van der Waals surface area contributed by atoms with Gasteiger partial charge in [0.25, 0.3) is 0 Å². The molecule has 0 radical (unpaired) electrons. The molecule has 0 aromatic carbocycles. The molecule has 0 spiro atoms. The lowest BCUT2D eigenvalue weighted by Gasteiger charge is -2.35. The Morgan fingerprint density at radius 3 is 2.12 bits per heavy atom. The second-order valence-electron chi connectivity index (χ2n) is 4.61. The molecule has 2 atom stereocenters. The molecule has 2 heterocycles. The van der Waals surface area contributed by atoms with Gasteiger partial charge in [-0.25, -0.2) is 9.97 Å². The zero-order valence-corrected chi connectivity index (χ0v) is 10.4. The molecule has 4 nitrogen and oxygen atoms in total. The van der Waals surface area contributed by atoms with E-state index in [0.717, 1.165) is 30.4 Å². The minimum absolute atomic E-state index is 0.244. The maximum Gasteiger partial charge on any atom is 0.225 e. The van der Waals surface area contributed by atoms with Gasteiger partial charge in [-0.15, -0.1) is 0 Å². The molecule has 16 heavy (non-hydrogen) atoms. The maximum absolute atomic E-state index is 5.70. The number of morpholine rings is 1. The average molecular weight is 221 g/mol. The molecule has 1 aromatic heterocycles. The summed E-state index contributed by atoms with van der Waals surface area (Å²) < 4.78 is 5.70. The van der Waals surface area contributed by atoms with Gasteiger partial charge in [-0.2, -0.15) is 0 Å². The summed E-state index contributed by atoms with van der Waals surface area (Å²) in [7, 11) is 0. The Kier molecular flexibility index (Phi) is 3.10. The first-order valence-corrected chi connectivity index (χ1v) is 5.77. The molecular weight excluding hydrogens is 202 g/mol. The molecule has 1 aliphatic heterocycles. The van der Waals surface area contributed by atoms with Crippen molar-refractivity contribution in [2.24, 2.45) is 0 Å². The number of rotatable bonds is 1. The van der Waals surface area contributed by atoms with Gasteiger partial charge in [0.1, 0.15) is 0 Å². The van der Waals surface area contributed by atoms with Crippen LogP contribution in [0.25, 0.3) is 0 Å². The van der Waals surface area contributed by atoms with Crippen LogP contribution in [0.5, 0.6) is 0 Å². The third kappa shape index (κ3) is 2.50. The summed E-state index contributed by atoms with van der Waals surface area (Å²) in [5.74, 6) is 0.833. The predicted octanol–water partition coefficient (Wildman–Crippen LogP) is 1.71. The second-order valence-corrected chi connectivity index (χ2v) is 4.61. The van der Waals surface area contributed by atoms with E-state index in [9.17, 15) is 0 Å². The van der Waals surface area contributed by atoms with Gasteiger partial charge in [0.05, 0.1) is 12.2 Å². The molecule has 0 aliphatic carbocycles. The van der Waals surface area contributed by atoms with Crippen LogP contribution in [0.4, 0.5) is 5.95 Å². The minimum Gasteiger partial charge on any atom is -0.372 e.